The number of hydrogen-bond donors (Lipinski definition) is 1. The molecular weight excluding hydrogens is 268 g/mol. The molecule has 0 heterocycles. The Balaban J connectivity index is 2.86. The summed E-state index contributed by atoms with van der Waals surface area (Å²) in [6.07, 6.45) is 0.0673. The van der Waals surface area contributed by atoms with Crippen molar-refractivity contribution in [2.24, 2.45) is 5.41 Å². The summed E-state index contributed by atoms with van der Waals surface area (Å²) in [7, 11) is 1.52. The largest absolute Gasteiger partial charge is 0.497 e. The van der Waals surface area contributed by atoms with Gasteiger partial charge in [-0.1, -0.05) is 25.4 Å². The van der Waals surface area contributed by atoms with E-state index in [1.54, 1.807) is 32.0 Å². The zero-order valence-electron chi connectivity index (χ0n) is 11.2. The Morgan fingerprint density at radius 1 is 1.32 bits per heavy atom. The lowest BCUT2D eigenvalue weighted by Gasteiger charge is -2.21. The Bertz CT molecular complexity index is 494. The number of aliphatic carboxylic acids is 1. The quantitative estimate of drug-likeness (QED) is 0.813. The third-order valence-corrected chi connectivity index (χ3v) is 3.06. The van der Waals surface area contributed by atoms with E-state index in [1.807, 2.05) is 0 Å². The van der Waals surface area contributed by atoms with Crippen molar-refractivity contribution in [3.05, 3.63) is 28.8 Å². The van der Waals surface area contributed by atoms with E-state index in [1.165, 1.54) is 7.11 Å². The summed E-state index contributed by atoms with van der Waals surface area (Å²) >= 11 is 6.02. The van der Waals surface area contributed by atoms with Crippen LogP contribution in [0, 0.1) is 5.41 Å². The first kappa shape index (κ1) is 15.5. The number of Topliss-reactive ketones (excluding diaryl/α,β-unsaturated/α-hetero) is 1. The van der Waals surface area contributed by atoms with Crippen LogP contribution in [0.5, 0.6) is 5.75 Å². The molecule has 1 N–H and O–H groups in total. The predicted molar refractivity (Wildman–Crippen MR) is 73.0 cm³/mol. The molecular formula is C14H17ClO4. The molecule has 19 heavy (non-hydrogen) atoms. The van der Waals surface area contributed by atoms with E-state index in [0.717, 1.165) is 0 Å². The van der Waals surface area contributed by atoms with E-state index in [0.29, 0.717) is 16.3 Å². The van der Waals surface area contributed by atoms with Crippen molar-refractivity contribution in [1.82, 2.24) is 0 Å². The van der Waals surface area contributed by atoms with E-state index in [9.17, 15) is 9.59 Å². The van der Waals surface area contributed by atoms with Crippen LogP contribution in [0.4, 0.5) is 0 Å². The van der Waals surface area contributed by atoms with Gasteiger partial charge in [-0.15, -0.1) is 0 Å². The average Bonchev–Trinajstić information content (AvgIpc) is 2.25. The van der Waals surface area contributed by atoms with Crippen molar-refractivity contribution in [2.75, 3.05) is 7.11 Å². The molecule has 1 aromatic rings. The van der Waals surface area contributed by atoms with Crippen molar-refractivity contribution in [3.8, 4) is 5.75 Å². The molecule has 0 spiro atoms. The van der Waals surface area contributed by atoms with Crippen LogP contribution in [0.3, 0.4) is 0 Å². The SMILES string of the molecule is COc1ccc(C(=O)CC(C)(C)CC(=O)O)c(Cl)c1. The summed E-state index contributed by atoms with van der Waals surface area (Å²) in [5.41, 5.74) is -0.215. The molecule has 0 saturated heterocycles. The first-order valence-electron chi connectivity index (χ1n) is 5.84. The third-order valence-electron chi connectivity index (χ3n) is 2.75. The number of carbonyl (C=O) groups excluding carboxylic acids is 1. The fraction of sp³-hybridized carbons (Fsp3) is 0.429. The second kappa shape index (κ2) is 6.06. The van der Waals surface area contributed by atoms with Crippen LogP contribution in [0.2, 0.25) is 5.02 Å². The second-order valence-corrected chi connectivity index (χ2v) is 5.59. The Hall–Kier alpha value is -1.55. The molecule has 0 fully saturated rings. The highest BCUT2D eigenvalue weighted by Crippen LogP contribution is 2.30. The fourth-order valence-corrected chi connectivity index (χ4v) is 2.13. The molecule has 0 saturated carbocycles. The van der Waals surface area contributed by atoms with Crippen LogP contribution in [-0.2, 0) is 4.79 Å². The van der Waals surface area contributed by atoms with E-state index < -0.39 is 11.4 Å². The van der Waals surface area contributed by atoms with Crippen LogP contribution in [0.25, 0.3) is 0 Å². The van der Waals surface area contributed by atoms with Gasteiger partial charge in [-0.25, -0.2) is 0 Å². The van der Waals surface area contributed by atoms with E-state index in [-0.39, 0.29) is 18.6 Å². The number of carboxylic acids is 1. The number of rotatable bonds is 6. The summed E-state index contributed by atoms with van der Waals surface area (Å²) < 4.78 is 5.01. The number of carbonyl (C=O) groups is 2. The summed E-state index contributed by atoms with van der Waals surface area (Å²) in [5.74, 6) is -0.510. The van der Waals surface area contributed by atoms with Gasteiger partial charge in [0.25, 0.3) is 0 Å². The third kappa shape index (κ3) is 4.56. The minimum absolute atomic E-state index is 0.0630. The molecule has 0 aliphatic heterocycles. The molecule has 0 aliphatic rings. The molecule has 0 atom stereocenters. The van der Waals surface area contributed by atoms with E-state index >= 15 is 0 Å². The molecule has 0 amide bonds. The number of ketones is 1. The average molecular weight is 285 g/mol. The maximum atomic E-state index is 12.1. The van der Waals surface area contributed by atoms with Gasteiger partial charge in [0, 0.05) is 12.0 Å². The highest BCUT2D eigenvalue weighted by Gasteiger charge is 2.26. The Morgan fingerprint density at radius 3 is 2.42 bits per heavy atom. The number of benzene rings is 1. The zero-order chi connectivity index (χ0) is 14.6. The summed E-state index contributed by atoms with van der Waals surface area (Å²) in [6, 6.07) is 4.82. The minimum atomic E-state index is -0.918. The smallest absolute Gasteiger partial charge is 0.303 e. The van der Waals surface area contributed by atoms with Crippen molar-refractivity contribution in [2.45, 2.75) is 26.7 Å². The van der Waals surface area contributed by atoms with Crippen molar-refractivity contribution < 1.29 is 19.4 Å². The van der Waals surface area contributed by atoms with Gasteiger partial charge in [-0.3, -0.25) is 9.59 Å². The number of hydrogen-bond acceptors (Lipinski definition) is 3. The van der Waals surface area contributed by atoms with Crippen molar-refractivity contribution >= 4 is 23.4 Å². The molecule has 0 bridgehead atoms. The van der Waals surface area contributed by atoms with Gasteiger partial charge in [0.15, 0.2) is 5.78 Å². The van der Waals surface area contributed by atoms with Gasteiger partial charge in [-0.05, 0) is 23.6 Å². The maximum absolute atomic E-state index is 12.1. The Labute approximate surface area is 117 Å². The van der Waals surface area contributed by atoms with Gasteiger partial charge in [0.2, 0.25) is 0 Å². The fourth-order valence-electron chi connectivity index (χ4n) is 1.85. The lowest BCUT2D eigenvalue weighted by molar-refractivity contribution is -0.139. The topological polar surface area (TPSA) is 63.6 Å². The number of halogens is 1. The molecule has 0 unspecified atom stereocenters. The normalized spacial score (nSPS) is 11.2. The molecule has 0 radical (unpaired) electrons. The lowest BCUT2D eigenvalue weighted by Crippen LogP contribution is -2.21. The van der Waals surface area contributed by atoms with E-state index in [4.69, 9.17) is 21.4 Å². The lowest BCUT2D eigenvalue weighted by atomic mass is 9.82. The Morgan fingerprint density at radius 2 is 1.95 bits per heavy atom. The zero-order valence-corrected chi connectivity index (χ0v) is 12.0. The van der Waals surface area contributed by atoms with Crippen LogP contribution in [0.15, 0.2) is 18.2 Å². The van der Waals surface area contributed by atoms with Crippen molar-refractivity contribution in [3.63, 3.8) is 0 Å². The van der Waals surface area contributed by atoms with Crippen LogP contribution < -0.4 is 4.74 Å². The van der Waals surface area contributed by atoms with Crippen LogP contribution in [-0.4, -0.2) is 24.0 Å². The standard InChI is InChI=1S/C14H17ClO4/c1-14(2,8-13(17)18)7-12(16)10-5-4-9(19-3)6-11(10)15/h4-6H,7-8H2,1-3H3,(H,17,18). The molecule has 0 aromatic heterocycles. The Kier molecular flexibility index (Phi) is 4.95. The second-order valence-electron chi connectivity index (χ2n) is 5.18. The molecule has 104 valence electrons. The van der Waals surface area contributed by atoms with Gasteiger partial charge < -0.3 is 9.84 Å². The predicted octanol–water partition coefficient (Wildman–Crippen LogP) is 3.42. The number of ether oxygens (including phenoxy) is 1. The summed E-state index contributed by atoms with van der Waals surface area (Å²) in [5, 5.41) is 9.12. The first-order valence-corrected chi connectivity index (χ1v) is 6.21. The van der Waals surface area contributed by atoms with Crippen molar-refractivity contribution in [1.29, 1.82) is 0 Å². The van der Waals surface area contributed by atoms with Gasteiger partial charge in [-0.2, -0.15) is 0 Å². The van der Waals surface area contributed by atoms with Crippen LogP contribution in [0.1, 0.15) is 37.0 Å². The molecule has 1 rings (SSSR count). The highest BCUT2D eigenvalue weighted by atomic mass is 35.5. The van der Waals surface area contributed by atoms with Gasteiger partial charge >= 0.3 is 5.97 Å². The molecule has 0 aliphatic carbocycles. The van der Waals surface area contributed by atoms with E-state index in [2.05, 4.69) is 0 Å². The maximum Gasteiger partial charge on any atom is 0.303 e. The highest BCUT2D eigenvalue weighted by molar-refractivity contribution is 6.34. The first-order chi connectivity index (χ1) is 8.75. The molecule has 4 nitrogen and oxygen atoms in total. The molecule has 5 heteroatoms. The van der Waals surface area contributed by atoms with Gasteiger partial charge in [0.05, 0.1) is 18.6 Å². The minimum Gasteiger partial charge on any atom is -0.497 e. The number of methoxy groups -OCH3 is 1. The summed E-state index contributed by atoms with van der Waals surface area (Å²) in [6.45, 7) is 3.49. The monoisotopic (exact) mass is 284 g/mol. The summed E-state index contributed by atoms with van der Waals surface area (Å²) in [4.78, 5) is 22.9. The number of carboxylic acid groups (broad SMARTS) is 1. The van der Waals surface area contributed by atoms with Crippen LogP contribution >= 0.6 is 11.6 Å². The van der Waals surface area contributed by atoms with Gasteiger partial charge in [0.1, 0.15) is 5.75 Å². The molecule has 1 aromatic carbocycles.